The Bertz CT molecular complexity index is 435. The Morgan fingerprint density at radius 2 is 1.85 bits per heavy atom. The first kappa shape index (κ1) is 16.1. The molecule has 0 aliphatic carbocycles. The van der Waals surface area contributed by atoms with E-state index in [1.54, 1.807) is 20.8 Å². The summed E-state index contributed by atoms with van der Waals surface area (Å²) < 4.78 is 11.7. The number of rotatable bonds is 5. The number of nitrogens with zero attached hydrogens (tertiary/aromatic N) is 1. The number of amides is 1. The van der Waals surface area contributed by atoms with Crippen molar-refractivity contribution in [2.75, 3.05) is 13.7 Å². The first-order valence-corrected chi connectivity index (χ1v) is 6.47. The van der Waals surface area contributed by atoms with E-state index < -0.39 is 17.6 Å². The van der Waals surface area contributed by atoms with Gasteiger partial charge in [0.25, 0.3) is 0 Å². The number of methoxy groups -OCH3 is 1. The maximum atomic E-state index is 11.7. The number of ether oxygens (including phenoxy) is 2. The molecule has 0 fully saturated rings. The third-order valence-electron chi connectivity index (χ3n) is 2.52. The number of aromatic nitrogens is 1. The van der Waals surface area contributed by atoms with Crippen LogP contribution in [-0.2, 0) is 20.8 Å². The van der Waals surface area contributed by atoms with Crippen LogP contribution in [-0.4, -0.2) is 35.9 Å². The van der Waals surface area contributed by atoms with E-state index in [0.29, 0.717) is 6.54 Å². The van der Waals surface area contributed by atoms with E-state index in [9.17, 15) is 9.59 Å². The van der Waals surface area contributed by atoms with Gasteiger partial charge in [-0.2, -0.15) is 0 Å². The summed E-state index contributed by atoms with van der Waals surface area (Å²) in [6.45, 7) is 5.95. The summed E-state index contributed by atoms with van der Waals surface area (Å²) in [4.78, 5) is 23.3. The standard InChI is InChI=1S/C14H22N2O4/c1-14(2,3)20-13(18)15-9-11(12(17)19-4)10-16-7-5-6-8-16/h5-8,11H,9-10H2,1-4H3,(H,15,18). The summed E-state index contributed by atoms with van der Waals surface area (Å²) in [7, 11) is 1.33. The maximum Gasteiger partial charge on any atom is 0.407 e. The van der Waals surface area contributed by atoms with Gasteiger partial charge in [0.2, 0.25) is 0 Å². The van der Waals surface area contributed by atoms with Gasteiger partial charge in [-0.05, 0) is 32.9 Å². The van der Waals surface area contributed by atoms with Crippen LogP contribution in [0.2, 0.25) is 0 Å². The van der Waals surface area contributed by atoms with Crippen LogP contribution in [0.4, 0.5) is 4.79 Å². The lowest BCUT2D eigenvalue weighted by Crippen LogP contribution is -2.38. The third kappa shape index (κ3) is 5.77. The molecule has 6 nitrogen and oxygen atoms in total. The summed E-state index contributed by atoms with van der Waals surface area (Å²) >= 11 is 0. The molecule has 6 heteroatoms. The smallest absolute Gasteiger partial charge is 0.407 e. The van der Waals surface area contributed by atoms with E-state index in [1.807, 2.05) is 29.1 Å². The molecule has 1 rings (SSSR count). The average molecular weight is 282 g/mol. The quantitative estimate of drug-likeness (QED) is 0.836. The number of carbonyl (C=O) groups is 2. The van der Waals surface area contributed by atoms with Crippen molar-refractivity contribution in [2.45, 2.75) is 32.9 Å². The van der Waals surface area contributed by atoms with Crippen LogP contribution in [0.1, 0.15) is 20.8 Å². The summed E-state index contributed by atoms with van der Waals surface area (Å²) in [5.41, 5.74) is -0.564. The van der Waals surface area contributed by atoms with Crippen LogP contribution in [0, 0.1) is 5.92 Å². The maximum absolute atomic E-state index is 11.7. The van der Waals surface area contributed by atoms with Crippen molar-refractivity contribution in [1.82, 2.24) is 9.88 Å². The largest absolute Gasteiger partial charge is 0.469 e. The molecule has 1 unspecified atom stereocenters. The highest BCUT2D eigenvalue weighted by atomic mass is 16.6. The van der Waals surface area contributed by atoms with Crippen LogP contribution in [0.3, 0.4) is 0 Å². The van der Waals surface area contributed by atoms with Gasteiger partial charge in [-0.15, -0.1) is 0 Å². The molecule has 0 bridgehead atoms. The van der Waals surface area contributed by atoms with Crippen molar-refractivity contribution in [3.63, 3.8) is 0 Å². The number of nitrogens with one attached hydrogen (secondary N) is 1. The van der Waals surface area contributed by atoms with Gasteiger partial charge in [-0.1, -0.05) is 0 Å². The van der Waals surface area contributed by atoms with E-state index in [1.165, 1.54) is 7.11 Å². The molecule has 0 spiro atoms. The molecule has 1 N–H and O–H groups in total. The Balaban J connectivity index is 2.53. The molecule has 0 radical (unpaired) electrons. The van der Waals surface area contributed by atoms with Gasteiger partial charge < -0.3 is 19.4 Å². The molecular formula is C14H22N2O4. The zero-order valence-electron chi connectivity index (χ0n) is 12.4. The lowest BCUT2D eigenvalue weighted by Gasteiger charge is -2.21. The highest BCUT2D eigenvalue weighted by Gasteiger charge is 2.22. The molecule has 0 aliphatic rings. The Morgan fingerprint density at radius 1 is 1.25 bits per heavy atom. The monoisotopic (exact) mass is 282 g/mol. The average Bonchev–Trinajstić information content (AvgIpc) is 2.84. The second kappa shape index (κ2) is 6.98. The van der Waals surface area contributed by atoms with Gasteiger partial charge in [-0.25, -0.2) is 4.79 Å². The van der Waals surface area contributed by atoms with Crippen LogP contribution < -0.4 is 5.32 Å². The second-order valence-corrected chi connectivity index (χ2v) is 5.48. The van der Waals surface area contributed by atoms with Crippen molar-refractivity contribution in [1.29, 1.82) is 0 Å². The Hall–Kier alpha value is -1.98. The molecule has 0 aliphatic heterocycles. The molecular weight excluding hydrogens is 260 g/mol. The molecule has 1 amide bonds. The first-order chi connectivity index (χ1) is 9.31. The van der Waals surface area contributed by atoms with Gasteiger partial charge >= 0.3 is 12.1 Å². The molecule has 1 aromatic rings. The van der Waals surface area contributed by atoms with Gasteiger partial charge in [-0.3, -0.25) is 4.79 Å². The zero-order valence-corrected chi connectivity index (χ0v) is 12.4. The molecule has 20 heavy (non-hydrogen) atoms. The number of hydrogen-bond donors (Lipinski definition) is 1. The number of carbonyl (C=O) groups excluding carboxylic acids is 2. The minimum absolute atomic E-state index is 0.166. The Morgan fingerprint density at radius 3 is 2.35 bits per heavy atom. The van der Waals surface area contributed by atoms with Crippen molar-refractivity contribution >= 4 is 12.1 Å². The van der Waals surface area contributed by atoms with E-state index in [-0.39, 0.29) is 12.5 Å². The Labute approximate surface area is 119 Å². The number of alkyl carbamates (subject to hydrolysis) is 1. The molecule has 112 valence electrons. The number of hydrogen-bond acceptors (Lipinski definition) is 4. The fourth-order valence-corrected chi connectivity index (χ4v) is 1.66. The fourth-order valence-electron chi connectivity index (χ4n) is 1.66. The second-order valence-electron chi connectivity index (χ2n) is 5.48. The molecule has 0 saturated heterocycles. The summed E-state index contributed by atoms with van der Waals surface area (Å²) in [5.74, 6) is -0.824. The SMILES string of the molecule is COC(=O)C(CNC(=O)OC(C)(C)C)Cn1cccc1. The van der Waals surface area contributed by atoms with Crippen molar-refractivity contribution in [2.24, 2.45) is 5.92 Å². The third-order valence-corrected chi connectivity index (χ3v) is 2.52. The van der Waals surface area contributed by atoms with Crippen molar-refractivity contribution in [3.05, 3.63) is 24.5 Å². The minimum Gasteiger partial charge on any atom is -0.469 e. The fraction of sp³-hybridized carbons (Fsp3) is 0.571. The normalized spacial score (nSPS) is 12.6. The highest BCUT2D eigenvalue weighted by molar-refractivity contribution is 5.74. The van der Waals surface area contributed by atoms with E-state index in [0.717, 1.165) is 0 Å². The lowest BCUT2D eigenvalue weighted by atomic mass is 10.1. The van der Waals surface area contributed by atoms with Gasteiger partial charge in [0.05, 0.1) is 13.0 Å². The Kier molecular flexibility index (Phi) is 5.61. The molecule has 0 aromatic carbocycles. The topological polar surface area (TPSA) is 69.6 Å². The predicted octanol–water partition coefficient (Wildman–Crippen LogP) is 1.80. The minimum atomic E-state index is -0.564. The van der Waals surface area contributed by atoms with Crippen molar-refractivity contribution in [3.8, 4) is 0 Å². The molecule has 0 saturated carbocycles. The molecule has 1 atom stereocenters. The van der Waals surface area contributed by atoms with Crippen molar-refractivity contribution < 1.29 is 19.1 Å². The van der Waals surface area contributed by atoms with Gasteiger partial charge in [0.1, 0.15) is 5.60 Å². The molecule has 1 aromatic heterocycles. The summed E-state index contributed by atoms with van der Waals surface area (Å²) in [6.07, 6.45) is 3.16. The number of esters is 1. The van der Waals surface area contributed by atoms with Crippen LogP contribution in [0.25, 0.3) is 0 Å². The van der Waals surface area contributed by atoms with E-state index >= 15 is 0 Å². The van der Waals surface area contributed by atoms with Crippen LogP contribution in [0.5, 0.6) is 0 Å². The van der Waals surface area contributed by atoms with Crippen LogP contribution >= 0.6 is 0 Å². The first-order valence-electron chi connectivity index (χ1n) is 6.47. The highest BCUT2D eigenvalue weighted by Crippen LogP contribution is 2.08. The predicted molar refractivity (Wildman–Crippen MR) is 74.2 cm³/mol. The van der Waals surface area contributed by atoms with E-state index in [4.69, 9.17) is 9.47 Å². The van der Waals surface area contributed by atoms with E-state index in [2.05, 4.69) is 5.32 Å². The summed E-state index contributed by atoms with van der Waals surface area (Å²) in [6, 6.07) is 3.74. The summed E-state index contributed by atoms with van der Waals surface area (Å²) in [5, 5.41) is 2.59. The lowest BCUT2D eigenvalue weighted by molar-refractivity contribution is -0.145. The zero-order chi connectivity index (χ0) is 15.2. The van der Waals surface area contributed by atoms with Gasteiger partial charge in [0.15, 0.2) is 0 Å². The van der Waals surface area contributed by atoms with Crippen LogP contribution in [0.15, 0.2) is 24.5 Å². The molecule has 1 heterocycles. The van der Waals surface area contributed by atoms with Gasteiger partial charge in [0, 0.05) is 25.5 Å².